The van der Waals surface area contributed by atoms with Crippen LogP contribution in [0.15, 0.2) is 12.4 Å². The summed E-state index contributed by atoms with van der Waals surface area (Å²) in [6.45, 7) is 2.61. The third-order valence-electron chi connectivity index (χ3n) is 2.53. The lowest BCUT2D eigenvalue weighted by Gasteiger charge is -2.15. The van der Waals surface area contributed by atoms with Gasteiger partial charge in [-0.3, -0.25) is 9.78 Å². The standard InChI is InChI=1S/C10H12ClN3O2/c1-6-7(2-3-16-6)14-10(15)8-4-12-5-9(11)13-8/h4-7H,2-3H2,1H3,(H,14,15). The second kappa shape index (κ2) is 4.76. The summed E-state index contributed by atoms with van der Waals surface area (Å²) in [6, 6.07) is 0.0354. The van der Waals surface area contributed by atoms with E-state index >= 15 is 0 Å². The molecule has 0 radical (unpaired) electrons. The maximum atomic E-state index is 11.8. The quantitative estimate of drug-likeness (QED) is 0.840. The smallest absolute Gasteiger partial charge is 0.271 e. The zero-order valence-corrected chi connectivity index (χ0v) is 9.57. The number of aromatic nitrogens is 2. The zero-order valence-electron chi connectivity index (χ0n) is 8.81. The summed E-state index contributed by atoms with van der Waals surface area (Å²) in [5.74, 6) is -0.266. The largest absolute Gasteiger partial charge is 0.376 e. The summed E-state index contributed by atoms with van der Waals surface area (Å²) in [7, 11) is 0. The molecule has 1 fully saturated rings. The average Bonchev–Trinajstić information content (AvgIpc) is 2.64. The molecule has 0 aromatic carbocycles. The van der Waals surface area contributed by atoms with E-state index in [1.165, 1.54) is 12.4 Å². The van der Waals surface area contributed by atoms with Gasteiger partial charge in [0.05, 0.1) is 24.5 Å². The van der Waals surface area contributed by atoms with Gasteiger partial charge in [-0.1, -0.05) is 11.6 Å². The lowest BCUT2D eigenvalue weighted by Crippen LogP contribution is -2.39. The Morgan fingerprint density at radius 2 is 2.44 bits per heavy atom. The van der Waals surface area contributed by atoms with E-state index in [9.17, 15) is 4.79 Å². The summed E-state index contributed by atoms with van der Waals surface area (Å²) in [5, 5.41) is 3.06. The van der Waals surface area contributed by atoms with Gasteiger partial charge in [-0.15, -0.1) is 0 Å². The van der Waals surface area contributed by atoms with Crippen molar-refractivity contribution in [2.24, 2.45) is 0 Å². The first-order valence-electron chi connectivity index (χ1n) is 5.07. The minimum absolute atomic E-state index is 0.0354. The molecule has 1 N–H and O–H groups in total. The molecule has 0 spiro atoms. The molecule has 86 valence electrons. The third-order valence-corrected chi connectivity index (χ3v) is 2.71. The number of rotatable bonds is 2. The van der Waals surface area contributed by atoms with Crippen LogP contribution in [0.3, 0.4) is 0 Å². The van der Waals surface area contributed by atoms with Crippen molar-refractivity contribution >= 4 is 17.5 Å². The van der Waals surface area contributed by atoms with Gasteiger partial charge in [-0.05, 0) is 13.3 Å². The van der Waals surface area contributed by atoms with Gasteiger partial charge in [-0.25, -0.2) is 4.98 Å². The molecule has 1 aliphatic rings. The fourth-order valence-electron chi connectivity index (χ4n) is 1.62. The summed E-state index contributed by atoms with van der Waals surface area (Å²) < 4.78 is 5.35. The highest BCUT2D eigenvalue weighted by molar-refractivity contribution is 6.29. The average molecular weight is 242 g/mol. The Labute approximate surface area is 98.2 Å². The summed E-state index contributed by atoms with van der Waals surface area (Å²) in [4.78, 5) is 19.5. The van der Waals surface area contributed by atoms with Gasteiger partial charge in [-0.2, -0.15) is 0 Å². The molecule has 5 nitrogen and oxygen atoms in total. The molecule has 1 aromatic heterocycles. The fraction of sp³-hybridized carbons (Fsp3) is 0.500. The molecular weight excluding hydrogens is 230 g/mol. The molecule has 16 heavy (non-hydrogen) atoms. The first-order chi connectivity index (χ1) is 7.66. The number of nitrogens with one attached hydrogen (secondary N) is 1. The maximum Gasteiger partial charge on any atom is 0.271 e. The third kappa shape index (κ3) is 2.48. The molecule has 0 aliphatic carbocycles. The SMILES string of the molecule is CC1OCCC1NC(=O)c1cncc(Cl)n1. The summed E-state index contributed by atoms with van der Waals surface area (Å²) >= 11 is 5.66. The number of carbonyl (C=O) groups excluding carboxylic acids is 1. The predicted octanol–water partition coefficient (Wildman–Crippen LogP) is 1.04. The van der Waals surface area contributed by atoms with E-state index in [-0.39, 0.29) is 28.9 Å². The van der Waals surface area contributed by atoms with Gasteiger partial charge in [0, 0.05) is 6.61 Å². The molecule has 1 aromatic rings. The summed E-state index contributed by atoms with van der Waals surface area (Å²) in [6.07, 6.45) is 3.64. The van der Waals surface area contributed by atoms with Crippen molar-refractivity contribution in [2.45, 2.75) is 25.5 Å². The minimum Gasteiger partial charge on any atom is -0.376 e. The van der Waals surface area contributed by atoms with Crippen LogP contribution in [0.2, 0.25) is 5.15 Å². The zero-order chi connectivity index (χ0) is 11.5. The molecule has 2 heterocycles. The number of carbonyl (C=O) groups is 1. The molecule has 6 heteroatoms. The molecule has 1 saturated heterocycles. The lowest BCUT2D eigenvalue weighted by molar-refractivity contribution is 0.0861. The second-order valence-electron chi connectivity index (χ2n) is 3.67. The molecule has 0 saturated carbocycles. The number of nitrogens with zero attached hydrogens (tertiary/aromatic N) is 2. The first-order valence-corrected chi connectivity index (χ1v) is 5.44. The number of hydrogen-bond donors (Lipinski definition) is 1. The highest BCUT2D eigenvalue weighted by Gasteiger charge is 2.26. The van der Waals surface area contributed by atoms with Crippen molar-refractivity contribution in [1.82, 2.24) is 15.3 Å². The van der Waals surface area contributed by atoms with Crippen molar-refractivity contribution < 1.29 is 9.53 Å². The predicted molar refractivity (Wildman–Crippen MR) is 58.3 cm³/mol. The van der Waals surface area contributed by atoms with E-state index in [1.54, 1.807) is 0 Å². The lowest BCUT2D eigenvalue weighted by atomic mass is 10.1. The van der Waals surface area contributed by atoms with Gasteiger partial charge in [0.25, 0.3) is 5.91 Å². The van der Waals surface area contributed by atoms with Gasteiger partial charge in [0.15, 0.2) is 0 Å². The van der Waals surface area contributed by atoms with Gasteiger partial charge in [0.1, 0.15) is 10.8 Å². The van der Waals surface area contributed by atoms with E-state index in [4.69, 9.17) is 16.3 Å². The normalized spacial score (nSPS) is 24.4. The summed E-state index contributed by atoms with van der Waals surface area (Å²) in [5.41, 5.74) is 0.228. The Balaban J connectivity index is 2.03. The van der Waals surface area contributed by atoms with Crippen LogP contribution in [0.5, 0.6) is 0 Å². The van der Waals surface area contributed by atoms with Gasteiger partial charge in [0.2, 0.25) is 0 Å². The second-order valence-corrected chi connectivity index (χ2v) is 4.06. The van der Waals surface area contributed by atoms with Crippen molar-refractivity contribution in [2.75, 3.05) is 6.61 Å². The first kappa shape index (κ1) is 11.3. The minimum atomic E-state index is -0.266. The van der Waals surface area contributed by atoms with Crippen molar-refractivity contribution in [1.29, 1.82) is 0 Å². The van der Waals surface area contributed by atoms with Crippen LogP contribution < -0.4 is 5.32 Å². The van der Waals surface area contributed by atoms with E-state index in [0.717, 1.165) is 6.42 Å². The van der Waals surface area contributed by atoms with Crippen molar-refractivity contribution in [3.05, 3.63) is 23.2 Å². The van der Waals surface area contributed by atoms with E-state index < -0.39 is 0 Å². The van der Waals surface area contributed by atoms with E-state index in [0.29, 0.717) is 6.61 Å². The number of halogens is 1. The van der Waals surface area contributed by atoms with Gasteiger partial charge >= 0.3 is 0 Å². The van der Waals surface area contributed by atoms with Crippen LogP contribution in [0.4, 0.5) is 0 Å². The monoisotopic (exact) mass is 241 g/mol. The van der Waals surface area contributed by atoms with Crippen LogP contribution in [-0.2, 0) is 4.74 Å². The Bertz CT molecular complexity index is 399. The topological polar surface area (TPSA) is 64.1 Å². The van der Waals surface area contributed by atoms with Gasteiger partial charge < -0.3 is 10.1 Å². The van der Waals surface area contributed by atoms with E-state index in [1.807, 2.05) is 6.92 Å². The molecule has 0 bridgehead atoms. The molecule has 2 unspecified atom stereocenters. The Morgan fingerprint density at radius 1 is 1.62 bits per heavy atom. The molecular formula is C10H12ClN3O2. The number of hydrogen-bond acceptors (Lipinski definition) is 4. The fourth-order valence-corrected chi connectivity index (χ4v) is 1.76. The van der Waals surface area contributed by atoms with Crippen LogP contribution in [0.1, 0.15) is 23.8 Å². The highest BCUT2D eigenvalue weighted by atomic mass is 35.5. The highest BCUT2D eigenvalue weighted by Crippen LogP contribution is 2.13. The Morgan fingerprint density at radius 3 is 3.06 bits per heavy atom. The Hall–Kier alpha value is -1.20. The van der Waals surface area contributed by atoms with Crippen molar-refractivity contribution in [3.8, 4) is 0 Å². The number of amides is 1. The molecule has 2 rings (SSSR count). The van der Waals surface area contributed by atoms with Crippen LogP contribution in [0.25, 0.3) is 0 Å². The van der Waals surface area contributed by atoms with Crippen LogP contribution >= 0.6 is 11.6 Å². The van der Waals surface area contributed by atoms with Crippen LogP contribution in [-0.4, -0.2) is 34.6 Å². The van der Waals surface area contributed by atoms with E-state index in [2.05, 4.69) is 15.3 Å². The molecule has 1 aliphatic heterocycles. The van der Waals surface area contributed by atoms with Crippen LogP contribution in [0, 0.1) is 0 Å². The molecule has 1 amide bonds. The molecule has 2 atom stereocenters. The Kier molecular flexibility index (Phi) is 3.36. The number of ether oxygens (including phenoxy) is 1. The van der Waals surface area contributed by atoms with Crippen molar-refractivity contribution in [3.63, 3.8) is 0 Å². The maximum absolute atomic E-state index is 11.8.